The fourth-order valence-corrected chi connectivity index (χ4v) is 4.13. The highest BCUT2D eigenvalue weighted by atomic mass is 35.5. The van der Waals surface area contributed by atoms with Crippen LogP contribution in [0.4, 0.5) is 17.2 Å². The number of carbonyl (C=O) groups is 1. The van der Waals surface area contributed by atoms with Crippen LogP contribution < -0.4 is 5.32 Å². The molecule has 0 saturated carbocycles. The lowest BCUT2D eigenvalue weighted by Crippen LogP contribution is -2.06. The molecule has 0 fully saturated rings. The summed E-state index contributed by atoms with van der Waals surface area (Å²) in [7, 11) is 0. The molecule has 0 spiro atoms. The maximum atomic E-state index is 13.4. The van der Waals surface area contributed by atoms with Crippen LogP contribution >= 0.6 is 11.6 Å². The van der Waals surface area contributed by atoms with Gasteiger partial charge in [-0.25, -0.2) is 4.98 Å². The smallest absolute Gasteiger partial charge is 0.311 e. The van der Waals surface area contributed by atoms with Gasteiger partial charge in [0.2, 0.25) is 0 Å². The molecular weight excluding hydrogens is 456 g/mol. The van der Waals surface area contributed by atoms with E-state index in [4.69, 9.17) is 11.6 Å². The minimum Gasteiger partial charge on any atom is -0.502 e. The minimum atomic E-state index is -0.726. The lowest BCUT2D eigenvalue weighted by atomic mass is 9.93. The number of nitro benzene ring substituents is 1. The van der Waals surface area contributed by atoms with Gasteiger partial charge in [-0.1, -0.05) is 41.9 Å². The third kappa shape index (κ3) is 3.32. The van der Waals surface area contributed by atoms with Crippen molar-refractivity contribution < 1.29 is 14.8 Å². The first-order valence-electron chi connectivity index (χ1n) is 10.0. The quantitative estimate of drug-likeness (QED) is 0.250. The third-order valence-electron chi connectivity index (χ3n) is 5.53. The van der Waals surface area contributed by atoms with Gasteiger partial charge in [0.05, 0.1) is 16.2 Å². The van der Waals surface area contributed by atoms with Crippen LogP contribution in [0.25, 0.3) is 22.4 Å². The van der Waals surface area contributed by atoms with Gasteiger partial charge in [-0.05, 0) is 35.9 Å². The Morgan fingerprint density at radius 1 is 1.03 bits per heavy atom. The van der Waals surface area contributed by atoms with Gasteiger partial charge in [0.25, 0.3) is 0 Å². The maximum absolute atomic E-state index is 13.4. The first kappa shape index (κ1) is 21.1. The molecular formula is C25H13ClN4O4. The van der Waals surface area contributed by atoms with Crippen molar-refractivity contribution in [3.63, 3.8) is 0 Å². The molecule has 34 heavy (non-hydrogen) atoms. The van der Waals surface area contributed by atoms with Gasteiger partial charge < -0.3 is 10.4 Å². The number of hydrogen-bond acceptors (Lipinski definition) is 7. The molecule has 1 aliphatic carbocycles. The minimum absolute atomic E-state index is 0.0369. The van der Waals surface area contributed by atoms with Crippen LogP contribution in [0.2, 0.25) is 5.02 Å². The second-order valence-corrected chi connectivity index (χ2v) is 7.95. The van der Waals surface area contributed by atoms with Gasteiger partial charge in [-0.2, -0.15) is 5.26 Å². The molecule has 8 nitrogen and oxygen atoms in total. The van der Waals surface area contributed by atoms with E-state index >= 15 is 0 Å². The Balaban J connectivity index is 1.82. The molecule has 5 rings (SSSR count). The molecule has 0 aliphatic heterocycles. The van der Waals surface area contributed by atoms with E-state index in [2.05, 4.69) is 16.4 Å². The van der Waals surface area contributed by atoms with Crippen molar-refractivity contribution in [2.75, 3.05) is 5.32 Å². The Bertz CT molecular complexity index is 1560. The van der Waals surface area contributed by atoms with Crippen LogP contribution in [0, 0.1) is 21.4 Å². The lowest BCUT2D eigenvalue weighted by molar-refractivity contribution is -0.385. The summed E-state index contributed by atoms with van der Waals surface area (Å²) >= 11 is 5.97. The zero-order valence-corrected chi connectivity index (χ0v) is 18.0. The number of hydrogen-bond donors (Lipinski definition) is 2. The summed E-state index contributed by atoms with van der Waals surface area (Å²) in [6.45, 7) is 0. The molecule has 0 saturated heterocycles. The van der Waals surface area contributed by atoms with Crippen LogP contribution in [0.5, 0.6) is 5.75 Å². The highest BCUT2D eigenvalue weighted by Gasteiger charge is 2.34. The molecule has 4 aromatic rings. The van der Waals surface area contributed by atoms with Crippen molar-refractivity contribution in [3.8, 4) is 34.2 Å². The van der Waals surface area contributed by atoms with Crippen molar-refractivity contribution in [1.29, 1.82) is 5.26 Å². The number of anilines is 2. The molecule has 1 aliphatic rings. The fraction of sp³-hybridized carbons (Fsp3) is 0. The number of phenolic OH excluding ortho intramolecular Hbond substituents is 1. The van der Waals surface area contributed by atoms with Gasteiger partial charge in [0.15, 0.2) is 11.5 Å². The van der Waals surface area contributed by atoms with Crippen molar-refractivity contribution in [2.24, 2.45) is 0 Å². The van der Waals surface area contributed by atoms with Crippen LogP contribution in [0.3, 0.4) is 0 Å². The average Bonchev–Trinajstić information content (AvgIpc) is 3.11. The summed E-state index contributed by atoms with van der Waals surface area (Å²) in [6, 6.07) is 19.5. The van der Waals surface area contributed by atoms with E-state index < -0.39 is 16.4 Å². The number of halogens is 1. The van der Waals surface area contributed by atoms with Crippen LogP contribution in [0.15, 0.2) is 66.7 Å². The molecule has 9 heteroatoms. The number of aromatic hydroxyl groups is 1. The summed E-state index contributed by atoms with van der Waals surface area (Å²) in [4.78, 5) is 28.7. The van der Waals surface area contributed by atoms with E-state index in [0.717, 1.165) is 6.07 Å². The highest BCUT2D eigenvalue weighted by molar-refractivity contribution is 6.30. The predicted molar refractivity (Wildman–Crippen MR) is 126 cm³/mol. The molecule has 0 bridgehead atoms. The normalized spacial score (nSPS) is 11.5. The fourth-order valence-electron chi connectivity index (χ4n) is 4.01. The van der Waals surface area contributed by atoms with Gasteiger partial charge >= 0.3 is 5.69 Å². The monoisotopic (exact) mass is 468 g/mol. The summed E-state index contributed by atoms with van der Waals surface area (Å²) < 4.78 is 0. The largest absolute Gasteiger partial charge is 0.502 e. The molecule has 2 N–H and O–H groups in total. The number of carbonyl (C=O) groups excluding carboxylic acids is 1. The standard InChI is InChI=1S/C25H13ClN4O4/c26-14-6-8-15(9-7-14)28-25-18(12-27)21(13-5-10-20(31)19(11-13)30(33)34)22-23(29-25)16-3-1-2-4-17(16)24(22)32/h1-11,31H,(H,28,29). The molecule has 1 aromatic heterocycles. The number of pyridine rings is 1. The van der Waals surface area contributed by atoms with Gasteiger partial charge in [0, 0.05) is 33.5 Å². The predicted octanol–water partition coefficient (Wildman–Crippen LogP) is 5.84. The van der Waals surface area contributed by atoms with Gasteiger partial charge in [-0.3, -0.25) is 14.9 Å². The number of phenols is 1. The zero-order valence-electron chi connectivity index (χ0n) is 17.2. The van der Waals surface area contributed by atoms with E-state index in [-0.39, 0.29) is 33.9 Å². The zero-order chi connectivity index (χ0) is 24.0. The molecule has 164 valence electrons. The molecule has 0 atom stereocenters. The Hall–Kier alpha value is -4.74. The Morgan fingerprint density at radius 3 is 2.41 bits per heavy atom. The van der Waals surface area contributed by atoms with E-state index in [0.29, 0.717) is 27.5 Å². The molecule has 0 amide bonds. The van der Waals surface area contributed by atoms with Crippen LogP contribution in [0.1, 0.15) is 21.5 Å². The van der Waals surface area contributed by atoms with Gasteiger partial charge in [0.1, 0.15) is 17.5 Å². The van der Waals surface area contributed by atoms with E-state index in [9.17, 15) is 25.3 Å². The number of nitro groups is 1. The summed E-state index contributed by atoms with van der Waals surface area (Å²) in [5.41, 5.74) is 2.10. The Labute approximate surface area is 197 Å². The van der Waals surface area contributed by atoms with Crippen molar-refractivity contribution in [1.82, 2.24) is 4.98 Å². The SMILES string of the molecule is N#Cc1c(Nc2ccc(Cl)cc2)nc2c(c1-c1ccc(O)c([N+](=O)[O-])c1)C(=O)c1ccccc1-2. The number of nitrogens with zero attached hydrogens (tertiary/aromatic N) is 3. The highest BCUT2D eigenvalue weighted by Crippen LogP contribution is 2.45. The summed E-state index contributed by atoms with van der Waals surface area (Å²) in [5, 5.41) is 35.1. The molecule has 3 aromatic carbocycles. The molecule has 0 unspecified atom stereocenters. The second-order valence-electron chi connectivity index (χ2n) is 7.51. The topological polar surface area (TPSA) is 129 Å². The van der Waals surface area contributed by atoms with Crippen LogP contribution in [-0.4, -0.2) is 20.8 Å². The van der Waals surface area contributed by atoms with Crippen LogP contribution in [-0.2, 0) is 0 Å². The third-order valence-corrected chi connectivity index (χ3v) is 5.78. The van der Waals surface area contributed by atoms with Crippen molar-refractivity contribution >= 4 is 34.6 Å². The average molecular weight is 469 g/mol. The number of nitriles is 1. The first-order chi connectivity index (χ1) is 16.4. The van der Waals surface area contributed by atoms with E-state index in [1.54, 1.807) is 48.5 Å². The maximum Gasteiger partial charge on any atom is 0.311 e. The second kappa shape index (κ2) is 7.99. The number of ketones is 1. The van der Waals surface area contributed by atoms with Gasteiger partial charge in [-0.15, -0.1) is 0 Å². The Morgan fingerprint density at radius 2 is 1.74 bits per heavy atom. The van der Waals surface area contributed by atoms with E-state index in [1.165, 1.54) is 12.1 Å². The van der Waals surface area contributed by atoms with Crippen molar-refractivity contribution in [3.05, 3.63) is 98.6 Å². The first-order valence-corrected chi connectivity index (χ1v) is 10.4. The van der Waals surface area contributed by atoms with E-state index in [1.807, 2.05) is 0 Å². The number of nitrogens with one attached hydrogen (secondary N) is 1. The lowest BCUT2D eigenvalue weighted by Gasteiger charge is -2.15. The molecule has 0 radical (unpaired) electrons. The number of rotatable bonds is 4. The van der Waals surface area contributed by atoms with Crippen molar-refractivity contribution in [2.45, 2.75) is 0 Å². The number of benzene rings is 3. The molecule has 1 heterocycles. The Kier molecular flexibility index (Phi) is 4.97. The summed E-state index contributed by atoms with van der Waals surface area (Å²) in [6.07, 6.45) is 0. The number of aromatic nitrogens is 1. The summed E-state index contributed by atoms with van der Waals surface area (Å²) in [5.74, 6) is -0.677. The number of fused-ring (bicyclic) bond motifs is 3.